The lowest BCUT2D eigenvalue weighted by Gasteiger charge is -2.25. The molecule has 0 radical (unpaired) electrons. The first kappa shape index (κ1) is 35.8. The third-order valence-electron chi connectivity index (χ3n) is 4.44. The van der Waals surface area contributed by atoms with Crippen molar-refractivity contribution in [1.29, 1.82) is 0 Å². The highest BCUT2D eigenvalue weighted by Crippen LogP contribution is 2.13. The van der Waals surface area contributed by atoms with Crippen LogP contribution in [0.5, 0.6) is 0 Å². The molecule has 0 aliphatic rings. The number of nitrogens with one attached hydrogen (secondary N) is 3. The molecule has 12 nitrogen and oxygen atoms in total. The highest BCUT2D eigenvalue weighted by Gasteiger charge is 2.38. The molecule has 1 unspecified atom stereocenters. The van der Waals surface area contributed by atoms with Gasteiger partial charge in [0.2, 0.25) is 17.7 Å². The number of carbonyl (C=O) groups excluding carboxylic acids is 4. The summed E-state index contributed by atoms with van der Waals surface area (Å²) in [6.45, 7) is 9.43. The van der Waals surface area contributed by atoms with E-state index in [1.807, 2.05) is 27.7 Å². The molecule has 0 rings (SSSR count). The van der Waals surface area contributed by atoms with Gasteiger partial charge in [-0.05, 0) is 37.5 Å². The number of carboxylic acids is 1. The van der Waals surface area contributed by atoms with Gasteiger partial charge in [0.1, 0.15) is 18.4 Å². The second-order valence-electron chi connectivity index (χ2n) is 9.08. The normalized spacial score (nSPS) is 13.4. The lowest BCUT2D eigenvalue weighted by molar-refractivity contribution is -0.192. The first-order valence-electron chi connectivity index (χ1n) is 11.6. The fourth-order valence-electron chi connectivity index (χ4n) is 2.90. The largest absolute Gasteiger partial charge is 0.490 e. The number of hydrogen-bond donors (Lipinski definition) is 6. The summed E-state index contributed by atoms with van der Waals surface area (Å²) in [6.07, 6.45) is -2.70. The maximum absolute atomic E-state index is 12.8. The van der Waals surface area contributed by atoms with E-state index in [1.54, 1.807) is 0 Å². The van der Waals surface area contributed by atoms with Crippen LogP contribution in [0, 0.1) is 11.8 Å². The summed E-state index contributed by atoms with van der Waals surface area (Å²) in [4.78, 5) is 61.0. The lowest BCUT2D eigenvalue weighted by Crippen LogP contribution is -2.55. The summed E-state index contributed by atoms with van der Waals surface area (Å²) in [7, 11) is 0. The zero-order valence-corrected chi connectivity index (χ0v) is 21.7. The number of carbonyl (C=O) groups is 5. The number of rotatable bonds is 14. The Bertz CT molecular complexity index is 785. The Morgan fingerprint density at radius 2 is 1.35 bits per heavy atom. The summed E-state index contributed by atoms with van der Waals surface area (Å²) in [6, 6.07) is -2.26. The number of aliphatic imine (C=N–C) groups is 1. The number of carboxylic acid groups (broad SMARTS) is 1. The van der Waals surface area contributed by atoms with Gasteiger partial charge in [-0.3, -0.25) is 19.4 Å². The summed E-state index contributed by atoms with van der Waals surface area (Å²) >= 11 is 0. The Kier molecular flexibility index (Phi) is 17.3. The molecule has 0 aromatic carbocycles. The van der Waals surface area contributed by atoms with Gasteiger partial charge in [-0.1, -0.05) is 27.7 Å². The van der Waals surface area contributed by atoms with E-state index in [0.717, 1.165) is 0 Å². The third-order valence-corrected chi connectivity index (χ3v) is 4.44. The zero-order chi connectivity index (χ0) is 29.3. The van der Waals surface area contributed by atoms with Gasteiger partial charge < -0.3 is 37.3 Å². The van der Waals surface area contributed by atoms with Gasteiger partial charge in [-0.25, -0.2) is 4.79 Å². The molecule has 0 saturated heterocycles. The van der Waals surface area contributed by atoms with E-state index in [-0.39, 0.29) is 23.7 Å². The van der Waals surface area contributed by atoms with Gasteiger partial charge in [0.15, 0.2) is 5.96 Å². The van der Waals surface area contributed by atoms with Crippen molar-refractivity contribution >= 4 is 35.9 Å². The van der Waals surface area contributed by atoms with Gasteiger partial charge >= 0.3 is 12.1 Å². The van der Waals surface area contributed by atoms with Crippen molar-refractivity contribution in [2.24, 2.45) is 28.3 Å². The number of amides is 3. The van der Waals surface area contributed by atoms with Crippen LogP contribution in [-0.2, 0) is 24.0 Å². The molecule has 0 fully saturated rings. The zero-order valence-electron chi connectivity index (χ0n) is 21.7. The number of guanidine groups is 1. The molecule has 3 amide bonds. The van der Waals surface area contributed by atoms with Gasteiger partial charge in [0.05, 0.1) is 6.04 Å². The molecule has 0 spiro atoms. The van der Waals surface area contributed by atoms with Crippen LogP contribution in [0.15, 0.2) is 4.99 Å². The average molecular weight is 541 g/mol. The number of alkyl halides is 3. The highest BCUT2D eigenvalue weighted by molar-refractivity contribution is 5.92. The van der Waals surface area contributed by atoms with Crippen molar-refractivity contribution in [1.82, 2.24) is 16.0 Å². The summed E-state index contributed by atoms with van der Waals surface area (Å²) in [5, 5.41) is 15.2. The predicted octanol–water partition coefficient (Wildman–Crippen LogP) is 0.439. The molecule has 0 aliphatic carbocycles. The van der Waals surface area contributed by atoms with E-state index in [1.165, 1.54) is 6.92 Å². The third kappa shape index (κ3) is 19.5. The Morgan fingerprint density at radius 1 is 0.919 bits per heavy atom. The Morgan fingerprint density at radius 3 is 1.70 bits per heavy atom. The topological polar surface area (TPSA) is 206 Å². The molecule has 8 N–H and O–H groups in total. The van der Waals surface area contributed by atoms with Crippen LogP contribution in [-0.4, -0.2) is 71.9 Å². The van der Waals surface area contributed by atoms with Gasteiger partial charge in [0, 0.05) is 13.5 Å². The van der Waals surface area contributed by atoms with E-state index < -0.39 is 42.1 Å². The van der Waals surface area contributed by atoms with Crippen molar-refractivity contribution in [2.45, 2.75) is 84.6 Å². The number of aldehydes is 1. The molecule has 0 saturated carbocycles. The first-order chi connectivity index (χ1) is 16.9. The molecular formula is C22H39F3N6O6. The van der Waals surface area contributed by atoms with Crippen LogP contribution in [0.1, 0.15) is 60.3 Å². The molecule has 0 aromatic heterocycles. The lowest BCUT2D eigenvalue weighted by atomic mass is 9.99. The van der Waals surface area contributed by atoms with E-state index >= 15 is 0 Å². The smallest absolute Gasteiger partial charge is 0.475 e. The van der Waals surface area contributed by atoms with Crippen LogP contribution < -0.4 is 27.4 Å². The molecule has 214 valence electrons. The Labute approximate surface area is 214 Å². The quantitative estimate of drug-likeness (QED) is 0.0787. The van der Waals surface area contributed by atoms with E-state index in [2.05, 4.69) is 20.9 Å². The first-order valence-corrected chi connectivity index (χ1v) is 11.6. The SMILES string of the molecule is CC(=O)N[C@@H](CC(C)C)C(=O)N[C@@H](CC(C)C)C(=O)NC(C=O)CCCN=C(N)N.O=C(O)C(F)(F)F. The van der Waals surface area contributed by atoms with E-state index in [0.29, 0.717) is 38.5 Å². The molecule has 0 aromatic rings. The van der Waals surface area contributed by atoms with Crippen LogP contribution in [0.3, 0.4) is 0 Å². The predicted molar refractivity (Wildman–Crippen MR) is 130 cm³/mol. The maximum atomic E-state index is 12.8. The monoisotopic (exact) mass is 540 g/mol. The molecule has 0 bridgehead atoms. The summed E-state index contributed by atoms with van der Waals surface area (Å²) < 4.78 is 31.7. The average Bonchev–Trinajstić information content (AvgIpc) is 2.73. The Balaban J connectivity index is 0. The second-order valence-corrected chi connectivity index (χ2v) is 9.08. The van der Waals surface area contributed by atoms with Crippen LogP contribution in [0.2, 0.25) is 0 Å². The van der Waals surface area contributed by atoms with Gasteiger partial charge in [-0.2, -0.15) is 13.2 Å². The fourth-order valence-corrected chi connectivity index (χ4v) is 2.90. The minimum Gasteiger partial charge on any atom is -0.475 e. The minimum atomic E-state index is -5.08. The van der Waals surface area contributed by atoms with Crippen molar-refractivity contribution < 1.29 is 42.3 Å². The fraction of sp³-hybridized carbons (Fsp3) is 0.727. The van der Waals surface area contributed by atoms with Crippen LogP contribution in [0.25, 0.3) is 0 Å². The number of nitrogens with zero attached hydrogens (tertiary/aromatic N) is 1. The van der Waals surface area contributed by atoms with Crippen molar-refractivity contribution in [3.8, 4) is 0 Å². The van der Waals surface area contributed by atoms with Crippen LogP contribution >= 0.6 is 0 Å². The van der Waals surface area contributed by atoms with E-state index in [4.69, 9.17) is 21.4 Å². The van der Waals surface area contributed by atoms with Gasteiger partial charge in [-0.15, -0.1) is 0 Å². The molecule has 3 atom stereocenters. The molecular weight excluding hydrogens is 501 g/mol. The standard InChI is InChI=1S/C20H38N6O4.C2HF3O2/c1-12(2)9-16(24-14(5)28)19(30)26-17(10-13(3)4)18(29)25-15(11-27)7-6-8-23-20(21)22;3-2(4,5)1(6)7/h11-13,15-17H,6-10H2,1-5H3,(H,24,28)(H,25,29)(H,26,30)(H4,21,22,23);(H,6,7)/t15?,16-,17-;/m0./s1. The molecule has 15 heteroatoms. The molecule has 0 aliphatic heterocycles. The number of halogens is 3. The van der Waals surface area contributed by atoms with Crippen LogP contribution in [0.4, 0.5) is 13.2 Å². The van der Waals surface area contributed by atoms with Gasteiger partial charge in [0.25, 0.3) is 0 Å². The molecule has 37 heavy (non-hydrogen) atoms. The molecule has 0 heterocycles. The number of nitrogens with two attached hydrogens (primary N) is 2. The Hall–Kier alpha value is -3.39. The minimum absolute atomic E-state index is 0.0310. The van der Waals surface area contributed by atoms with Crippen molar-refractivity contribution in [2.75, 3.05) is 6.54 Å². The van der Waals surface area contributed by atoms with Crippen molar-refractivity contribution in [3.63, 3.8) is 0 Å². The summed E-state index contributed by atoms with van der Waals surface area (Å²) in [5.74, 6) is -3.67. The maximum Gasteiger partial charge on any atom is 0.490 e. The summed E-state index contributed by atoms with van der Waals surface area (Å²) in [5.41, 5.74) is 10.5. The highest BCUT2D eigenvalue weighted by atomic mass is 19.4. The van der Waals surface area contributed by atoms with E-state index in [9.17, 15) is 32.3 Å². The van der Waals surface area contributed by atoms with Crippen molar-refractivity contribution in [3.05, 3.63) is 0 Å². The number of hydrogen-bond acceptors (Lipinski definition) is 6. The number of aliphatic carboxylic acids is 1. The second kappa shape index (κ2) is 17.9.